The highest BCUT2D eigenvalue weighted by Gasteiger charge is 2.50. The van der Waals surface area contributed by atoms with Gasteiger partial charge in [0.2, 0.25) is 5.91 Å². The molecule has 3 atom stereocenters. The number of thioether (sulfide) groups is 1. The number of amides is 2. The average molecular weight is 314 g/mol. The Morgan fingerprint density at radius 2 is 1.91 bits per heavy atom. The maximum absolute atomic E-state index is 12.8. The van der Waals surface area contributed by atoms with Crippen molar-refractivity contribution in [1.29, 1.82) is 0 Å². The van der Waals surface area contributed by atoms with Crippen molar-refractivity contribution in [2.75, 3.05) is 0 Å². The van der Waals surface area contributed by atoms with Gasteiger partial charge in [-0.3, -0.25) is 9.59 Å². The van der Waals surface area contributed by atoms with Crippen LogP contribution in [0.4, 0.5) is 0 Å². The van der Waals surface area contributed by atoms with Gasteiger partial charge in [-0.25, -0.2) is 0 Å². The van der Waals surface area contributed by atoms with Crippen LogP contribution in [0.2, 0.25) is 0 Å². The van der Waals surface area contributed by atoms with Crippen molar-refractivity contribution in [2.45, 2.75) is 37.2 Å². The van der Waals surface area contributed by atoms with Crippen LogP contribution in [-0.4, -0.2) is 28.3 Å². The lowest BCUT2D eigenvalue weighted by Crippen LogP contribution is -2.61. The minimum atomic E-state index is -0.227. The molecular formula is C17H18N2O2S. The molecule has 3 unspecified atom stereocenters. The van der Waals surface area contributed by atoms with E-state index in [0.29, 0.717) is 0 Å². The lowest BCUT2D eigenvalue weighted by atomic mass is 9.82. The smallest absolute Gasteiger partial charge is 0.263 e. The number of nitrogens with one attached hydrogen (secondary N) is 1. The summed E-state index contributed by atoms with van der Waals surface area (Å²) in [5.74, 6) is 0.161. The van der Waals surface area contributed by atoms with E-state index in [1.165, 1.54) is 11.8 Å². The zero-order valence-electron chi connectivity index (χ0n) is 12.2. The molecule has 1 aromatic rings. The Morgan fingerprint density at radius 3 is 2.73 bits per heavy atom. The van der Waals surface area contributed by atoms with E-state index in [2.05, 4.69) is 5.32 Å². The standard InChI is InChI=1S/C17H18N2O2S/c20-15-12-8-4-5-9-13(12)19-16(21)14(22-17(19)18-15)10-11-6-2-1-3-7-11/h1-3,6-7,10,12-13,17H,4-5,8-9H2,(H,18,20). The third-order valence-corrected chi connectivity index (χ3v) is 5.84. The molecule has 4 nitrogen and oxygen atoms in total. The second-order valence-electron chi connectivity index (χ2n) is 6.07. The third kappa shape index (κ3) is 2.24. The first-order chi connectivity index (χ1) is 10.7. The number of fused-ring (bicyclic) bond motifs is 3. The molecule has 3 aliphatic rings. The molecule has 0 radical (unpaired) electrons. The van der Waals surface area contributed by atoms with E-state index in [9.17, 15) is 9.59 Å². The van der Waals surface area contributed by atoms with Gasteiger partial charge < -0.3 is 10.2 Å². The molecule has 22 heavy (non-hydrogen) atoms. The maximum atomic E-state index is 12.8. The Hall–Kier alpha value is -1.75. The summed E-state index contributed by atoms with van der Waals surface area (Å²) in [5.41, 5.74) is 0.791. The summed E-state index contributed by atoms with van der Waals surface area (Å²) in [6.07, 6.45) is 5.96. The van der Waals surface area contributed by atoms with Gasteiger partial charge in [0.15, 0.2) is 5.50 Å². The number of hydrogen-bond acceptors (Lipinski definition) is 3. The Labute approximate surface area is 133 Å². The maximum Gasteiger partial charge on any atom is 0.263 e. The summed E-state index contributed by atoms with van der Waals surface area (Å²) >= 11 is 1.46. The van der Waals surface area contributed by atoms with Crippen LogP contribution < -0.4 is 5.32 Å². The molecule has 5 heteroatoms. The van der Waals surface area contributed by atoms with Gasteiger partial charge in [0, 0.05) is 6.04 Å². The Bertz CT molecular complexity index is 643. The molecule has 1 aliphatic carbocycles. The Morgan fingerprint density at radius 1 is 1.14 bits per heavy atom. The summed E-state index contributed by atoms with van der Waals surface area (Å²) in [5, 5.41) is 3.01. The molecule has 114 valence electrons. The summed E-state index contributed by atoms with van der Waals surface area (Å²) in [7, 11) is 0. The second-order valence-corrected chi connectivity index (χ2v) is 7.19. The van der Waals surface area contributed by atoms with Crippen LogP contribution in [0.3, 0.4) is 0 Å². The van der Waals surface area contributed by atoms with Crippen LogP contribution in [0.5, 0.6) is 0 Å². The number of carbonyl (C=O) groups is 2. The summed E-state index contributed by atoms with van der Waals surface area (Å²) in [6.45, 7) is 0. The lowest BCUT2D eigenvalue weighted by molar-refractivity contribution is -0.143. The van der Waals surface area contributed by atoms with Gasteiger partial charge in [0.25, 0.3) is 5.91 Å². The van der Waals surface area contributed by atoms with Gasteiger partial charge in [0.1, 0.15) is 0 Å². The number of benzene rings is 1. The van der Waals surface area contributed by atoms with E-state index in [4.69, 9.17) is 0 Å². The van der Waals surface area contributed by atoms with Crippen molar-refractivity contribution in [3.8, 4) is 0 Å². The minimum absolute atomic E-state index is 0.0226. The molecule has 2 aliphatic heterocycles. The third-order valence-electron chi connectivity index (χ3n) is 4.72. The fraction of sp³-hybridized carbons (Fsp3) is 0.412. The molecule has 1 aromatic carbocycles. The summed E-state index contributed by atoms with van der Waals surface area (Å²) in [6, 6.07) is 9.93. The van der Waals surface area contributed by atoms with Gasteiger partial charge in [0.05, 0.1) is 10.8 Å². The molecule has 2 heterocycles. The van der Waals surface area contributed by atoms with Crippen molar-refractivity contribution in [3.63, 3.8) is 0 Å². The molecule has 3 fully saturated rings. The average Bonchev–Trinajstić information content (AvgIpc) is 2.85. The van der Waals surface area contributed by atoms with Crippen LogP contribution in [0.25, 0.3) is 6.08 Å². The van der Waals surface area contributed by atoms with Gasteiger partial charge in [-0.1, -0.05) is 54.9 Å². The molecule has 2 saturated heterocycles. The first-order valence-corrected chi connectivity index (χ1v) is 8.68. The van der Waals surface area contributed by atoms with E-state index in [1.54, 1.807) is 0 Å². The first kappa shape index (κ1) is 13.9. The van der Waals surface area contributed by atoms with E-state index in [1.807, 2.05) is 41.3 Å². The molecule has 0 aromatic heterocycles. The van der Waals surface area contributed by atoms with Crippen molar-refractivity contribution >= 4 is 29.7 Å². The lowest BCUT2D eigenvalue weighted by Gasteiger charge is -2.44. The molecule has 1 saturated carbocycles. The number of hydrogen-bond donors (Lipinski definition) is 1. The van der Waals surface area contributed by atoms with Gasteiger partial charge in [-0.2, -0.15) is 0 Å². The highest BCUT2D eigenvalue weighted by atomic mass is 32.2. The quantitative estimate of drug-likeness (QED) is 0.811. The van der Waals surface area contributed by atoms with E-state index in [0.717, 1.165) is 36.2 Å². The van der Waals surface area contributed by atoms with Gasteiger partial charge >= 0.3 is 0 Å². The molecular weight excluding hydrogens is 296 g/mol. The van der Waals surface area contributed by atoms with Gasteiger partial charge in [-0.05, 0) is 24.5 Å². The van der Waals surface area contributed by atoms with Crippen molar-refractivity contribution in [3.05, 3.63) is 40.8 Å². The Kier molecular flexibility index (Phi) is 3.45. The SMILES string of the molecule is O=C1NC2SC(=Cc3ccccc3)C(=O)N2C2CCCCC12. The zero-order chi connectivity index (χ0) is 15.1. The largest absolute Gasteiger partial charge is 0.326 e. The van der Waals surface area contributed by atoms with E-state index in [-0.39, 0.29) is 29.3 Å². The van der Waals surface area contributed by atoms with Crippen LogP contribution in [-0.2, 0) is 9.59 Å². The van der Waals surface area contributed by atoms with Crippen molar-refractivity contribution < 1.29 is 9.59 Å². The number of carbonyl (C=O) groups excluding carboxylic acids is 2. The van der Waals surface area contributed by atoms with Crippen molar-refractivity contribution in [1.82, 2.24) is 10.2 Å². The summed E-state index contributed by atoms with van der Waals surface area (Å²) < 4.78 is 0. The van der Waals surface area contributed by atoms with Crippen LogP contribution in [0.1, 0.15) is 31.2 Å². The fourth-order valence-corrected chi connectivity index (χ4v) is 4.85. The van der Waals surface area contributed by atoms with Gasteiger partial charge in [-0.15, -0.1) is 0 Å². The second kappa shape index (κ2) is 5.47. The molecule has 2 amide bonds. The predicted octanol–water partition coefficient (Wildman–Crippen LogP) is 2.58. The first-order valence-electron chi connectivity index (χ1n) is 7.80. The van der Waals surface area contributed by atoms with Crippen LogP contribution in [0, 0.1) is 5.92 Å². The molecule has 4 rings (SSSR count). The summed E-state index contributed by atoms with van der Waals surface area (Å²) in [4.78, 5) is 27.7. The fourth-order valence-electron chi connectivity index (χ4n) is 3.66. The molecule has 0 bridgehead atoms. The predicted molar refractivity (Wildman–Crippen MR) is 86.5 cm³/mol. The van der Waals surface area contributed by atoms with Crippen molar-refractivity contribution in [2.24, 2.45) is 5.92 Å². The topological polar surface area (TPSA) is 49.4 Å². The monoisotopic (exact) mass is 314 g/mol. The number of nitrogens with zero attached hydrogens (tertiary/aromatic N) is 1. The normalized spacial score (nSPS) is 32.6. The van der Waals surface area contributed by atoms with Crippen LogP contribution in [0.15, 0.2) is 35.2 Å². The highest BCUT2D eigenvalue weighted by Crippen LogP contribution is 2.43. The highest BCUT2D eigenvalue weighted by molar-refractivity contribution is 8.05. The number of rotatable bonds is 1. The molecule has 1 N–H and O–H groups in total. The minimum Gasteiger partial charge on any atom is -0.326 e. The van der Waals surface area contributed by atoms with Crippen LogP contribution >= 0.6 is 11.8 Å². The van der Waals surface area contributed by atoms with E-state index >= 15 is 0 Å². The van der Waals surface area contributed by atoms with E-state index < -0.39 is 0 Å². The Balaban J connectivity index is 1.64. The molecule has 0 spiro atoms. The zero-order valence-corrected chi connectivity index (χ0v) is 13.0.